The van der Waals surface area contributed by atoms with E-state index in [0.29, 0.717) is 0 Å². The maximum Gasteiger partial charge on any atom is 0.0676 e. The molecule has 1 saturated heterocycles. The third kappa shape index (κ3) is 2.36. The van der Waals surface area contributed by atoms with Crippen molar-refractivity contribution in [2.75, 3.05) is 13.1 Å². The Bertz CT molecular complexity index is 471. The lowest BCUT2D eigenvalue weighted by molar-refractivity contribution is 0.331. The van der Waals surface area contributed by atoms with Crippen LogP contribution in [-0.4, -0.2) is 32.8 Å². The van der Waals surface area contributed by atoms with Crippen molar-refractivity contribution in [2.24, 2.45) is 0 Å². The second-order valence-corrected chi connectivity index (χ2v) is 4.48. The molecule has 0 aromatic carbocycles. The number of nitrogens with zero attached hydrogens (tertiary/aromatic N) is 4. The number of aromatic nitrogens is 3. The van der Waals surface area contributed by atoms with Crippen molar-refractivity contribution in [3.05, 3.63) is 42.5 Å². The fourth-order valence-corrected chi connectivity index (χ4v) is 2.28. The Morgan fingerprint density at radius 1 is 1.12 bits per heavy atom. The first-order valence-corrected chi connectivity index (χ1v) is 6.08. The lowest BCUT2D eigenvalue weighted by Gasteiger charge is -2.12. The molecule has 1 aliphatic heterocycles. The average molecular weight is 228 g/mol. The van der Waals surface area contributed by atoms with Crippen molar-refractivity contribution in [2.45, 2.75) is 19.4 Å². The van der Waals surface area contributed by atoms with Crippen LogP contribution in [0.15, 0.2) is 36.9 Å². The summed E-state index contributed by atoms with van der Waals surface area (Å²) in [7, 11) is 0. The Morgan fingerprint density at radius 2 is 1.88 bits per heavy atom. The van der Waals surface area contributed by atoms with Gasteiger partial charge in [-0.25, -0.2) is 4.68 Å². The smallest absolute Gasteiger partial charge is 0.0676 e. The van der Waals surface area contributed by atoms with Crippen molar-refractivity contribution >= 4 is 0 Å². The second kappa shape index (κ2) is 4.67. The van der Waals surface area contributed by atoms with E-state index in [9.17, 15) is 0 Å². The zero-order chi connectivity index (χ0) is 11.5. The normalized spacial score (nSPS) is 16.5. The van der Waals surface area contributed by atoms with Gasteiger partial charge in [0.05, 0.1) is 11.9 Å². The molecule has 1 aliphatic rings. The van der Waals surface area contributed by atoms with Crippen molar-refractivity contribution in [1.82, 2.24) is 19.7 Å². The summed E-state index contributed by atoms with van der Waals surface area (Å²) in [6, 6.07) is 3.93. The Labute approximate surface area is 101 Å². The molecule has 17 heavy (non-hydrogen) atoms. The molecule has 1 fully saturated rings. The van der Waals surface area contributed by atoms with E-state index in [-0.39, 0.29) is 0 Å². The molecule has 0 N–H and O–H groups in total. The average Bonchev–Trinajstić information content (AvgIpc) is 3.02. The molecular weight excluding hydrogens is 212 g/mol. The quantitative estimate of drug-likeness (QED) is 0.804. The predicted octanol–water partition coefficient (Wildman–Crippen LogP) is 1.86. The fraction of sp³-hybridized carbons (Fsp3) is 0.385. The Balaban J connectivity index is 1.74. The van der Waals surface area contributed by atoms with Crippen LogP contribution >= 0.6 is 0 Å². The molecule has 4 nitrogen and oxygen atoms in total. The number of hydrogen-bond acceptors (Lipinski definition) is 3. The maximum absolute atomic E-state index is 4.39. The summed E-state index contributed by atoms with van der Waals surface area (Å²) >= 11 is 0. The molecule has 0 atom stereocenters. The number of likely N-dealkylation sites (tertiary alicyclic amines) is 1. The van der Waals surface area contributed by atoms with Crippen LogP contribution in [0.5, 0.6) is 0 Å². The van der Waals surface area contributed by atoms with Gasteiger partial charge >= 0.3 is 0 Å². The molecule has 0 unspecified atom stereocenters. The first kappa shape index (κ1) is 10.5. The van der Waals surface area contributed by atoms with Gasteiger partial charge in [-0.3, -0.25) is 9.88 Å². The van der Waals surface area contributed by atoms with Crippen LogP contribution < -0.4 is 0 Å². The van der Waals surface area contributed by atoms with Crippen LogP contribution in [0.2, 0.25) is 0 Å². The van der Waals surface area contributed by atoms with Gasteiger partial charge in [0.2, 0.25) is 0 Å². The molecule has 3 heterocycles. The van der Waals surface area contributed by atoms with E-state index in [1.54, 1.807) is 12.4 Å². The Morgan fingerprint density at radius 3 is 2.65 bits per heavy atom. The van der Waals surface area contributed by atoms with Crippen molar-refractivity contribution in [1.29, 1.82) is 0 Å². The van der Waals surface area contributed by atoms with Gasteiger partial charge in [0, 0.05) is 30.7 Å². The first-order valence-electron chi connectivity index (χ1n) is 6.08. The molecule has 0 bridgehead atoms. The number of rotatable bonds is 3. The summed E-state index contributed by atoms with van der Waals surface area (Å²) < 4.78 is 1.91. The molecule has 0 amide bonds. The highest BCUT2D eigenvalue weighted by Gasteiger charge is 2.12. The lowest BCUT2D eigenvalue weighted by Crippen LogP contribution is -2.17. The molecular formula is C13H16N4. The molecule has 2 aromatic heterocycles. The third-order valence-corrected chi connectivity index (χ3v) is 3.17. The summed E-state index contributed by atoms with van der Waals surface area (Å²) in [6.07, 6.45) is 10.3. The summed E-state index contributed by atoms with van der Waals surface area (Å²) in [4.78, 5) is 6.49. The number of pyridine rings is 1. The summed E-state index contributed by atoms with van der Waals surface area (Å²) in [5.41, 5.74) is 2.34. The molecule has 0 aliphatic carbocycles. The molecule has 0 spiro atoms. The minimum absolute atomic E-state index is 1.02. The van der Waals surface area contributed by atoms with Crippen LogP contribution in [0.3, 0.4) is 0 Å². The number of hydrogen-bond donors (Lipinski definition) is 0. The van der Waals surface area contributed by atoms with Gasteiger partial charge in [-0.15, -0.1) is 0 Å². The molecule has 0 radical (unpaired) electrons. The van der Waals surface area contributed by atoms with Crippen LogP contribution in [0.4, 0.5) is 0 Å². The second-order valence-electron chi connectivity index (χ2n) is 4.48. The van der Waals surface area contributed by atoms with Crippen LogP contribution in [0.1, 0.15) is 18.4 Å². The van der Waals surface area contributed by atoms with Crippen LogP contribution in [0.25, 0.3) is 5.69 Å². The van der Waals surface area contributed by atoms with E-state index in [1.165, 1.54) is 31.5 Å². The van der Waals surface area contributed by atoms with Gasteiger partial charge in [0.25, 0.3) is 0 Å². The van der Waals surface area contributed by atoms with E-state index < -0.39 is 0 Å². The summed E-state index contributed by atoms with van der Waals surface area (Å²) in [6.45, 7) is 3.46. The largest absolute Gasteiger partial charge is 0.299 e. The minimum atomic E-state index is 1.02. The molecule has 88 valence electrons. The zero-order valence-electron chi connectivity index (χ0n) is 9.79. The first-order chi connectivity index (χ1) is 8.42. The van der Waals surface area contributed by atoms with E-state index in [4.69, 9.17) is 0 Å². The molecule has 0 saturated carbocycles. The topological polar surface area (TPSA) is 34.0 Å². The lowest BCUT2D eigenvalue weighted by atomic mass is 10.3. The fourth-order valence-electron chi connectivity index (χ4n) is 2.28. The monoisotopic (exact) mass is 228 g/mol. The highest BCUT2D eigenvalue weighted by Crippen LogP contribution is 2.13. The minimum Gasteiger partial charge on any atom is -0.299 e. The molecule has 4 heteroatoms. The van der Waals surface area contributed by atoms with Gasteiger partial charge in [0.1, 0.15) is 0 Å². The van der Waals surface area contributed by atoms with Crippen LogP contribution in [0, 0.1) is 0 Å². The molecule has 2 aromatic rings. The summed E-state index contributed by atoms with van der Waals surface area (Å²) in [5, 5.41) is 4.39. The summed E-state index contributed by atoms with van der Waals surface area (Å²) in [5.74, 6) is 0. The van der Waals surface area contributed by atoms with Gasteiger partial charge in [-0.1, -0.05) is 0 Å². The van der Waals surface area contributed by atoms with E-state index in [2.05, 4.69) is 21.2 Å². The Kier molecular flexibility index (Phi) is 2.88. The van der Waals surface area contributed by atoms with Crippen molar-refractivity contribution < 1.29 is 0 Å². The maximum atomic E-state index is 4.39. The van der Waals surface area contributed by atoms with Gasteiger partial charge in [-0.05, 0) is 38.1 Å². The highest BCUT2D eigenvalue weighted by atomic mass is 15.3. The molecule has 3 rings (SSSR count). The van der Waals surface area contributed by atoms with Crippen LogP contribution in [-0.2, 0) is 6.54 Å². The van der Waals surface area contributed by atoms with Gasteiger partial charge in [-0.2, -0.15) is 5.10 Å². The van der Waals surface area contributed by atoms with Crippen molar-refractivity contribution in [3.63, 3.8) is 0 Å². The zero-order valence-corrected chi connectivity index (χ0v) is 9.79. The van der Waals surface area contributed by atoms with Gasteiger partial charge < -0.3 is 0 Å². The SMILES string of the molecule is c1cc(-n2cc(CN3CCCC3)cn2)ccn1. The van der Waals surface area contributed by atoms with E-state index in [0.717, 1.165) is 12.2 Å². The van der Waals surface area contributed by atoms with Crippen molar-refractivity contribution in [3.8, 4) is 5.69 Å². The third-order valence-electron chi connectivity index (χ3n) is 3.17. The Hall–Kier alpha value is -1.68. The highest BCUT2D eigenvalue weighted by molar-refractivity contribution is 5.28. The van der Waals surface area contributed by atoms with Gasteiger partial charge in [0.15, 0.2) is 0 Å². The van der Waals surface area contributed by atoms with E-state index in [1.807, 2.05) is 23.0 Å². The standard InChI is InChI=1S/C13H16N4/c1-2-8-16(7-1)10-12-9-15-17(11-12)13-3-5-14-6-4-13/h3-6,9,11H,1-2,7-8,10H2. The predicted molar refractivity (Wildman–Crippen MR) is 65.9 cm³/mol. The van der Waals surface area contributed by atoms with E-state index >= 15 is 0 Å².